The van der Waals surface area contributed by atoms with E-state index in [-0.39, 0.29) is 0 Å². The van der Waals surface area contributed by atoms with Gasteiger partial charge in [0.1, 0.15) is 0 Å². The molecule has 0 radical (unpaired) electrons. The lowest BCUT2D eigenvalue weighted by Gasteiger charge is -2.41. The molecule has 0 aromatic heterocycles. The minimum atomic E-state index is -2.79. The van der Waals surface area contributed by atoms with Gasteiger partial charge in [0.15, 0.2) is 0 Å². The topological polar surface area (TPSA) is 30.9 Å². The van der Waals surface area contributed by atoms with Crippen molar-refractivity contribution in [1.29, 1.82) is 0 Å². The van der Waals surface area contributed by atoms with E-state index in [1.54, 1.807) is 0 Å². The number of nitrogens with zero attached hydrogens (tertiary/aromatic N) is 1. The van der Waals surface area contributed by atoms with Crippen LogP contribution in [0.1, 0.15) is 90.9 Å². The van der Waals surface area contributed by atoms with E-state index in [4.69, 9.17) is 13.3 Å². The second-order valence-electron chi connectivity index (χ2n) is 7.77. The van der Waals surface area contributed by atoms with Gasteiger partial charge in [0, 0.05) is 0 Å². The van der Waals surface area contributed by atoms with Crippen LogP contribution in [0.4, 0.5) is 0 Å². The summed E-state index contributed by atoms with van der Waals surface area (Å²) in [6.07, 6.45) is 15.9. The maximum absolute atomic E-state index is 6.79. The van der Waals surface area contributed by atoms with Gasteiger partial charge in [-0.3, -0.25) is 4.57 Å². The van der Waals surface area contributed by atoms with E-state index >= 15 is 0 Å². The standard InChI is InChI=1S/C19H37NO3Si/c1-3-20(4-2)24(21-17-11-5-6-12-17,22-18-13-7-8-14-18)23-19-15-9-10-16-19/h17-19H,3-16H2,1-2H3. The van der Waals surface area contributed by atoms with E-state index in [0.717, 1.165) is 13.1 Å². The smallest absolute Gasteiger partial charge is 0.358 e. The van der Waals surface area contributed by atoms with Gasteiger partial charge in [0.05, 0.1) is 18.3 Å². The van der Waals surface area contributed by atoms with Crippen LogP contribution in [0.3, 0.4) is 0 Å². The molecule has 0 bridgehead atoms. The molecule has 3 rings (SSSR count). The lowest BCUT2D eigenvalue weighted by molar-refractivity contribution is -0.0532. The van der Waals surface area contributed by atoms with Crippen molar-refractivity contribution in [2.24, 2.45) is 0 Å². The lowest BCUT2D eigenvalue weighted by atomic mass is 10.3. The SMILES string of the molecule is CCN(CC)[Si](OC1CCCC1)(OC1CCCC1)OC1CCCC1. The van der Waals surface area contributed by atoms with Crippen LogP contribution in [0.15, 0.2) is 0 Å². The fourth-order valence-electron chi connectivity index (χ4n) is 4.57. The van der Waals surface area contributed by atoms with Gasteiger partial charge in [-0.25, -0.2) is 0 Å². The summed E-state index contributed by atoms with van der Waals surface area (Å²) >= 11 is 0. The molecule has 0 atom stereocenters. The second kappa shape index (κ2) is 9.13. The summed E-state index contributed by atoms with van der Waals surface area (Å²) in [5, 5.41) is 0. The van der Waals surface area contributed by atoms with E-state index in [1.807, 2.05) is 0 Å². The molecule has 3 saturated carbocycles. The van der Waals surface area contributed by atoms with Crippen LogP contribution in [0, 0.1) is 0 Å². The summed E-state index contributed by atoms with van der Waals surface area (Å²) in [5.41, 5.74) is 0. The third kappa shape index (κ3) is 4.61. The highest BCUT2D eigenvalue weighted by Crippen LogP contribution is 2.34. The number of hydrogen-bond acceptors (Lipinski definition) is 4. The molecule has 0 aromatic carbocycles. The molecular weight excluding hydrogens is 318 g/mol. The molecule has 24 heavy (non-hydrogen) atoms. The molecule has 0 saturated heterocycles. The van der Waals surface area contributed by atoms with Gasteiger partial charge in [-0.1, -0.05) is 52.4 Å². The quantitative estimate of drug-likeness (QED) is 0.564. The van der Waals surface area contributed by atoms with Crippen LogP contribution in [0.25, 0.3) is 0 Å². The molecule has 3 aliphatic carbocycles. The molecule has 0 unspecified atom stereocenters. The minimum absolute atomic E-state index is 0.347. The Morgan fingerprint density at radius 3 is 1.17 bits per heavy atom. The zero-order chi connectivity index (χ0) is 16.8. The molecule has 3 fully saturated rings. The molecule has 0 aliphatic heterocycles. The van der Waals surface area contributed by atoms with E-state index < -0.39 is 8.97 Å². The van der Waals surface area contributed by atoms with Gasteiger partial charge in [-0.2, -0.15) is 0 Å². The Bertz CT molecular complexity index is 314. The maximum atomic E-state index is 6.79. The van der Waals surface area contributed by atoms with Crippen molar-refractivity contribution in [1.82, 2.24) is 4.57 Å². The Balaban J connectivity index is 1.79. The van der Waals surface area contributed by atoms with Crippen molar-refractivity contribution in [3.05, 3.63) is 0 Å². The largest absolute Gasteiger partial charge is 0.600 e. The summed E-state index contributed by atoms with van der Waals surface area (Å²) in [4.78, 5) is 0. The molecule has 3 aliphatic rings. The van der Waals surface area contributed by atoms with Crippen LogP contribution in [0.5, 0.6) is 0 Å². The highest BCUT2D eigenvalue weighted by atomic mass is 28.4. The highest BCUT2D eigenvalue weighted by Gasteiger charge is 2.53. The fraction of sp³-hybridized carbons (Fsp3) is 1.00. The van der Waals surface area contributed by atoms with Crippen LogP contribution in [-0.4, -0.2) is 44.9 Å². The highest BCUT2D eigenvalue weighted by molar-refractivity contribution is 6.57. The van der Waals surface area contributed by atoms with Crippen LogP contribution < -0.4 is 0 Å². The predicted octanol–water partition coefficient (Wildman–Crippen LogP) is 4.64. The van der Waals surface area contributed by atoms with Gasteiger partial charge in [-0.05, 0) is 51.6 Å². The van der Waals surface area contributed by atoms with Gasteiger partial charge in [0.25, 0.3) is 0 Å². The molecule has 0 spiro atoms. The van der Waals surface area contributed by atoms with Gasteiger partial charge in [-0.15, -0.1) is 0 Å². The summed E-state index contributed by atoms with van der Waals surface area (Å²) in [6.45, 7) is 6.35. The molecule has 4 nitrogen and oxygen atoms in total. The Kier molecular flexibility index (Phi) is 7.16. The first-order chi connectivity index (χ1) is 11.8. The van der Waals surface area contributed by atoms with Crippen LogP contribution in [0.2, 0.25) is 0 Å². The third-order valence-electron chi connectivity index (χ3n) is 6.00. The second-order valence-corrected chi connectivity index (χ2v) is 10.2. The fourth-order valence-corrected chi connectivity index (χ4v) is 7.93. The Morgan fingerprint density at radius 2 is 0.917 bits per heavy atom. The molecule has 0 aromatic rings. The average molecular weight is 356 g/mol. The Labute approximate surface area is 149 Å². The summed E-state index contributed by atoms with van der Waals surface area (Å²) in [5.74, 6) is 0. The molecule has 140 valence electrons. The first-order valence-electron chi connectivity index (χ1n) is 10.5. The van der Waals surface area contributed by atoms with E-state index in [0.29, 0.717) is 18.3 Å². The summed E-state index contributed by atoms with van der Waals surface area (Å²) in [6, 6.07) is 0. The van der Waals surface area contributed by atoms with Crippen molar-refractivity contribution in [2.45, 2.75) is 109 Å². The normalized spacial score (nSPS) is 24.6. The first-order valence-corrected chi connectivity index (χ1v) is 12.2. The van der Waals surface area contributed by atoms with Crippen LogP contribution in [-0.2, 0) is 13.3 Å². The zero-order valence-corrected chi connectivity index (χ0v) is 16.8. The molecule has 0 heterocycles. The minimum Gasteiger partial charge on any atom is -0.358 e. The maximum Gasteiger partial charge on any atom is 0.600 e. The van der Waals surface area contributed by atoms with Crippen molar-refractivity contribution in [3.63, 3.8) is 0 Å². The van der Waals surface area contributed by atoms with Crippen molar-refractivity contribution < 1.29 is 13.3 Å². The molecule has 0 amide bonds. The molecular formula is C19H37NO3Si. The van der Waals surface area contributed by atoms with Gasteiger partial charge < -0.3 is 13.3 Å². The third-order valence-corrected chi connectivity index (χ3v) is 9.30. The van der Waals surface area contributed by atoms with Gasteiger partial charge in [0.2, 0.25) is 0 Å². The number of hydrogen-bond donors (Lipinski definition) is 0. The van der Waals surface area contributed by atoms with E-state index in [2.05, 4.69) is 18.4 Å². The molecule has 5 heteroatoms. The van der Waals surface area contributed by atoms with E-state index in [1.165, 1.54) is 77.0 Å². The Morgan fingerprint density at radius 1 is 0.625 bits per heavy atom. The van der Waals surface area contributed by atoms with Gasteiger partial charge >= 0.3 is 8.97 Å². The average Bonchev–Trinajstić information content (AvgIpc) is 3.32. The van der Waals surface area contributed by atoms with E-state index in [9.17, 15) is 0 Å². The zero-order valence-electron chi connectivity index (χ0n) is 15.8. The lowest BCUT2D eigenvalue weighted by Crippen LogP contribution is -2.64. The Hall–Kier alpha value is 0.0569. The van der Waals surface area contributed by atoms with Crippen molar-refractivity contribution >= 4 is 8.97 Å². The van der Waals surface area contributed by atoms with Crippen molar-refractivity contribution in [2.75, 3.05) is 13.1 Å². The number of rotatable bonds is 9. The molecule has 0 N–H and O–H groups in total. The summed E-state index contributed by atoms with van der Waals surface area (Å²) < 4.78 is 22.8. The predicted molar refractivity (Wildman–Crippen MR) is 98.7 cm³/mol. The van der Waals surface area contributed by atoms with Crippen LogP contribution >= 0.6 is 0 Å². The van der Waals surface area contributed by atoms with Crippen molar-refractivity contribution in [3.8, 4) is 0 Å². The summed E-state index contributed by atoms with van der Waals surface area (Å²) in [7, 11) is -2.79. The first kappa shape index (κ1) is 18.8. The monoisotopic (exact) mass is 355 g/mol.